The molecule has 3 aromatic carbocycles. The number of thiazole rings is 1. The van der Waals surface area contributed by atoms with Crippen molar-refractivity contribution in [1.29, 1.82) is 0 Å². The lowest BCUT2D eigenvalue weighted by molar-refractivity contribution is -0.915. The molecular formula is C23H21FN3OS+. The average Bonchev–Trinajstić information content (AvgIpc) is 3.13. The summed E-state index contributed by atoms with van der Waals surface area (Å²) in [4.78, 5) is 18.9. The lowest BCUT2D eigenvalue weighted by Crippen LogP contribution is -3.09. The van der Waals surface area contributed by atoms with Crippen molar-refractivity contribution in [3.63, 3.8) is 0 Å². The molecule has 1 amide bonds. The quantitative estimate of drug-likeness (QED) is 0.511. The molecule has 0 aliphatic carbocycles. The van der Waals surface area contributed by atoms with Crippen molar-refractivity contribution in [3.8, 4) is 0 Å². The maximum Gasteiger partial charge on any atom is 0.287 e. The normalized spacial score (nSPS) is 13.2. The summed E-state index contributed by atoms with van der Waals surface area (Å²) >= 11 is 1.65. The molecular weight excluding hydrogens is 385 g/mol. The number of nitrogens with zero attached hydrogens (tertiary/aromatic N) is 1. The fraction of sp³-hybridized carbons (Fsp3) is 0.130. The number of likely N-dealkylation sites (N-methyl/N-ethyl adjacent to an activating group) is 1. The van der Waals surface area contributed by atoms with Crippen molar-refractivity contribution >= 4 is 33.1 Å². The number of fused-ring (bicyclic) bond motifs is 1. The highest BCUT2D eigenvalue weighted by Crippen LogP contribution is 2.21. The number of amides is 1. The largest absolute Gasteiger partial charge is 0.321 e. The number of hydrogen-bond donors (Lipinski definition) is 2. The Kier molecular flexibility index (Phi) is 5.64. The van der Waals surface area contributed by atoms with E-state index >= 15 is 0 Å². The monoisotopic (exact) mass is 406 g/mol. The molecule has 2 N–H and O–H groups in total. The third-order valence-electron chi connectivity index (χ3n) is 4.77. The molecule has 1 aromatic heterocycles. The van der Waals surface area contributed by atoms with Crippen LogP contribution in [-0.2, 0) is 11.3 Å². The predicted molar refractivity (Wildman–Crippen MR) is 114 cm³/mol. The van der Waals surface area contributed by atoms with Crippen LogP contribution in [0.1, 0.15) is 16.6 Å². The van der Waals surface area contributed by atoms with Gasteiger partial charge in [-0.2, -0.15) is 0 Å². The van der Waals surface area contributed by atoms with Crippen LogP contribution in [0, 0.1) is 5.82 Å². The molecule has 0 bridgehead atoms. The molecule has 0 aliphatic rings. The Balaban J connectivity index is 1.59. The number of halogens is 1. The number of nitrogens with one attached hydrogen (secondary N) is 2. The fourth-order valence-electron chi connectivity index (χ4n) is 3.39. The maximum atomic E-state index is 13.2. The number of benzene rings is 3. The number of rotatable bonds is 6. The van der Waals surface area contributed by atoms with Gasteiger partial charge in [0, 0.05) is 11.3 Å². The minimum Gasteiger partial charge on any atom is -0.321 e. The molecule has 4 rings (SSSR count). The molecule has 146 valence electrons. The molecule has 0 aliphatic heterocycles. The lowest BCUT2D eigenvalue weighted by atomic mass is 10.0. The Hall–Kier alpha value is -3.09. The van der Waals surface area contributed by atoms with Crippen molar-refractivity contribution in [1.82, 2.24) is 4.98 Å². The van der Waals surface area contributed by atoms with Gasteiger partial charge in [-0.25, -0.2) is 9.37 Å². The molecule has 0 fully saturated rings. The zero-order valence-electron chi connectivity index (χ0n) is 15.9. The summed E-state index contributed by atoms with van der Waals surface area (Å²) in [7, 11) is 1.99. The Morgan fingerprint density at radius 3 is 2.45 bits per heavy atom. The van der Waals surface area contributed by atoms with Gasteiger partial charge in [-0.05, 0) is 36.4 Å². The Bertz CT molecular complexity index is 1080. The third kappa shape index (κ3) is 4.50. The van der Waals surface area contributed by atoms with Gasteiger partial charge in [0.05, 0.1) is 17.3 Å². The van der Waals surface area contributed by atoms with Gasteiger partial charge in [-0.15, -0.1) is 11.3 Å². The first-order chi connectivity index (χ1) is 14.1. The highest BCUT2D eigenvalue weighted by atomic mass is 32.1. The summed E-state index contributed by atoms with van der Waals surface area (Å²) in [5, 5.41) is 3.90. The van der Waals surface area contributed by atoms with Crippen LogP contribution in [0.2, 0.25) is 0 Å². The lowest BCUT2D eigenvalue weighted by Gasteiger charge is -2.24. The minimum atomic E-state index is -0.423. The number of hydrogen-bond acceptors (Lipinski definition) is 3. The Labute approximate surface area is 172 Å². The van der Waals surface area contributed by atoms with Crippen LogP contribution < -0.4 is 10.2 Å². The number of carbonyl (C=O) groups is 1. The summed E-state index contributed by atoms with van der Waals surface area (Å²) in [5.74, 6) is -0.470. The van der Waals surface area contributed by atoms with Crippen LogP contribution in [0.15, 0.2) is 78.9 Å². The summed E-state index contributed by atoms with van der Waals surface area (Å²) in [5.41, 5.74) is 2.48. The SMILES string of the molecule is C[NH+](Cc1nc2ccccc2s1)[C@@H](C(=O)Nc1ccc(F)cc1)c1ccccc1. The van der Waals surface area contributed by atoms with Crippen LogP contribution in [0.3, 0.4) is 0 Å². The number of carbonyl (C=O) groups excluding carboxylic acids is 1. The zero-order valence-corrected chi connectivity index (χ0v) is 16.7. The summed E-state index contributed by atoms with van der Waals surface area (Å²) in [6.07, 6.45) is 0. The van der Waals surface area contributed by atoms with Crippen molar-refractivity contribution in [2.75, 3.05) is 12.4 Å². The van der Waals surface area contributed by atoms with Crippen molar-refractivity contribution < 1.29 is 14.1 Å². The highest BCUT2D eigenvalue weighted by molar-refractivity contribution is 7.18. The third-order valence-corrected chi connectivity index (χ3v) is 5.80. The van der Waals surface area contributed by atoms with E-state index in [9.17, 15) is 9.18 Å². The second-order valence-electron chi connectivity index (χ2n) is 6.94. The van der Waals surface area contributed by atoms with Crippen LogP contribution in [0.4, 0.5) is 10.1 Å². The van der Waals surface area contributed by atoms with Gasteiger partial charge >= 0.3 is 0 Å². The van der Waals surface area contributed by atoms with E-state index in [-0.39, 0.29) is 11.7 Å². The second-order valence-corrected chi connectivity index (χ2v) is 8.05. The van der Waals surface area contributed by atoms with Crippen LogP contribution in [0.25, 0.3) is 10.2 Å². The van der Waals surface area contributed by atoms with Crippen LogP contribution in [0.5, 0.6) is 0 Å². The van der Waals surface area contributed by atoms with E-state index in [2.05, 4.69) is 11.4 Å². The van der Waals surface area contributed by atoms with Gasteiger partial charge in [-0.3, -0.25) is 4.79 Å². The van der Waals surface area contributed by atoms with Gasteiger partial charge in [0.2, 0.25) is 0 Å². The van der Waals surface area contributed by atoms with Gasteiger partial charge in [-0.1, -0.05) is 42.5 Å². The van der Waals surface area contributed by atoms with E-state index in [4.69, 9.17) is 4.98 Å². The first-order valence-corrected chi connectivity index (χ1v) is 10.2. The van der Waals surface area contributed by atoms with Gasteiger partial charge in [0.25, 0.3) is 5.91 Å². The number of anilines is 1. The summed E-state index contributed by atoms with van der Waals surface area (Å²) in [6, 6.07) is 23.1. The van der Waals surface area contributed by atoms with E-state index in [1.165, 1.54) is 12.1 Å². The smallest absolute Gasteiger partial charge is 0.287 e. The van der Waals surface area contributed by atoms with Crippen molar-refractivity contribution in [2.45, 2.75) is 12.6 Å². The molecule has 0 saturated heterocycles. The zero-order chi connectivity index (χ0) is 20.2. The first kappa shape index (κ1) is 19.2. The average molecular weight is 407 g/mol. The predicted octanol–water partition coefficient (Wildman–Crippen LogP) is 3.83. The molecule has 0 radical (unpaired) electrons. The molecule has 1 heterocycles. The Morgan fingerprint density at radius 2 is 1.72 bits per heavy atom. The molecule has 4 aromatic rings. The first-order valence-electron chi connectivity index (χ1n) is 9.38. The highest BCUT2D eigenvalue weighted by Gasteiger charge is 2.30. The molecule has 0 spiro atoms. The second kappa shape index (κ2) is 8.51. The molecule has 1 unspecified atom stereocenters. The van der Waals surface area contributed by atoms with Crippen molar-refractivity contribution in [3.05, 3.63) is 95.3 Å². The van der Waals surface area contributed by atoms with Crippen molar-refractivity contribution in [2.24, 2.45) is 0 Å². The number of quaternary nitrogens is 1. The van der Waals surface area contributed by atoms with Crippen LogP contribution in [-0.4, -0.2) is 17.9 Å². The molecule has 2 atom stereocenters. The van der Waals surface area contributed by atoms with E-state index < -0.39 is 6.04 Å². The van der Waals surface area contributed by atoms with Gasteiger partial charge < -0.3 is 10.2 Å². The van der Waals surface area contributed by atoms with E-state index in [0.29, 0.717) is 12.2 Å². The standard InChI is InChI=1S/C23H20FN3OS/c1-27(15-21-26-19-9-5-6-10-20(19)29-21)22(16-7-3-2-4-8-16)23(28)25-18-13-11-17(24)12-14-18/h2-14,22H,15H2,1H3,(H,25,28)/p+1/t22-/m1/s1. The molecule has 4 nitrogen and oxygen atoms in total. The van der Waals surface area contributed by atoms with Gasteiger partial charge in [0.15, 0.2) is 6.04 Å². The van der Waals surface area contributed by atoms with Crippen LogP contribution >= 0.6 is 11.3 Å². The molecule has 29 heavy (non-hydrogen) atoms. The Morgan fingerprint density at radius 1 is 1.03 bits per heavy atom. The maximum absolute atomic E-state index is 13.2. The van der Waals surface area contributed by atoms with E-state index in [1.807, 2.05) is 55.6 Å². The van der Waals surface area contributed by atoms with E-state index in [0.717, 1.165) is 25.7 Å². The molecule has 6 heteroatoms. The van der Waals surface area contributed by atoms with E-state index in [1.54, 1.807) is 23.5 Å². The molecule has 0 saturated carbocycles. The summed E-state index contributed by atoms with van der Waals surface area (Å²) in [6.45, 7) is 0.621. The summed E-state index contributed by atoms with van der Waals surface area (Å²) < 4.78 is 14.3. The number of aromatic nitrogens is 1. The minimum absolute atomic E-state index is 0.138. The van der Waals surface area contributed by atoms with Gasteiger partial charge in [0.1, 0.15) is 17.4 Å². The number of para-hydroxylation sites is 1. The topological polar surface area (TPSA) is 46.4 Å². The fourth-order valence-corrected chi connectivity index (χ4v) is 4.45.